The first-order valence-corrected chi connectivity index (χ1v) is 14.5. The van der Waals surface area contributed by atoms with E-state index in [1.807, 2.05) is 0 Å². The molecule has 0 N–H and O–H groups in total. The molecule has 10 atom stereocenters. The first kappa shape index (κ1) is 24.1. The number of esters is 1. The summed E-state index contributed by atoms with van der Waals surface area (Å²) in [4.78, 5) is 11.8. The highest BCUT2D eigenvalue weighted by atomic mass is 16.8. The summed E-state index contributed by atoms with van der Waals surface area (Å²) < 4.78 is 11.8. The Hall–Kier alpha value is -0.570. The first-order chi connectivity index (χ1) is 15.6. The van der Waals surface area contributed by atoms with E-state index < -0.39 is 5.79 Å². The molecule has 0 radical (unpaired) electrons. The van der Waals surface area contributed by atoms with Crippen LogP contribution in [0.4, 0.5) is 0 Å². The van der Waals surface area contributed by atoms with Gasteiger partial charge in [-0.05, 0) is 104 Å². The van der Waals surface area contributed by atoms with Gasteiger partial charge in [0.05, 0.1) is 0 Å². The van der Waals surface area contributed by atoms with Crippen molar-refractivity contribution in [1.29, 1.82) is 0 Å². The second-order valence-electron chi connectivity index (χ2n) is 13.9. The van der Waals surface area contributed by atoms with Gasteiger partial charge in [0, 0.05) is 13.3 Å². The number of rotatable bonds is 6. The lowest BCUT2D eigenvalue weighted by molar-refractivity contribution is -0.163. The molecular formula is C30H50O3. The number of epoxide rings is 1. The Labute approximate surface area is 203 Å². The van der Waals surface area contributed by atoms with Crippen molar-refractivity contribution < 1.29 is 14.3 Å². The fourth-order valence-electron chi connectivity index (χ4n) is 10.1. The van der Waals surface area contributed by atoms with Gasteiger partial charge in [0.2, 0.25) is 5.79 Å². The summed E-state index contributed by atoms with van der Waals surface area (Å²) in [6.45, 7) is 14.2. The lowest BCUT2D eigenvalue weighted by Crippen LogP contribution is -2.52. The molecule has 0 unspecified atom stereocenters. The van der Waals surface area contributed by atoms with Crippen LogP contribution in [-0.4, -0.2) is 17.9 Å². The Morgan fingerprint density at radius 2 is 1.67 bits per heavy atom. The van der Waals surface area contributed by atoms with Crippen LogP contribution in [0.5, 0.6) is 0 Å². The molecule has 0 amide bonds. The molecule has 4 aliphatic carbocycles. The molecule has 0 aromatic rings. The van der Waals surface area contributed by atoms with Gasteiger partial charge in [0.25, 0.3) is 0 Å². The summed E-state index contributed by atoms with van der Waals surface area (Å²) in [7, 11) is 0. The van der Waals surface area contributed by atoms with Gasteiger partial charge in [-0.2, -0.15) is 0 Å². The van der Waals surface area contributed by atoms with Gasteiger partial charge in [0.15, 0.2) is 0 Å². The van der Waals surface area contributed by atoms with Gasteiger partial charge in [-0.15, -0.1) is 0 Å². The van der Waals surface area contributed by atoms with Crippen LogP contribution in [-0.2, 0) is 14.3 Å². The Morgan fingerprint density at radius 1 is 0.939 bits per heavy atom. The normalized spacial score (nSPS) is 49.3. The minimum Gasteiger partial charge on any atom is -0.430 e. The fraction of sp³-hybridized carbons (Fsp3) is 0.967. The third-order valence-electron chi connectivity index (χ3n) is 11.8. The molecule has 188 valence electrons. The second kappa shape index (κ2) is 8.52. The van der Waals surface area contributed by atoms with Crippen LogP contribution < -0.4 is 0 Å². The summed E-state index contributed by atoms with van der Waals surface area (Å²) in [5.74, 6) is 5.25. The van der Waals surface area contributed by atoms with E-state index in [0.29, 0.717) is 16.7 Å². The largest absolute Gasteiger partial charge is 0.430 e. The molecule has 1 aliphatic heterocycles. The summed E-state index contributed by atoms with van der Waals surface area (Å²) in [6.07, 6.45) is 16.1. The quantitative estimate of drug-likeness (QED) is 0.301. The molecule has 3 nitrogen and oxygen atoms in total. The molecule has 5 aliphatic rings. The Morgan fingerprint density at radius 3 is 2.39 bits per heavy atom. The molecule has 33 heavy (non-hydrogen) atoms. The Balaban J connectivity index is 1.29. The third-order valence-corrected chi connectivity index (χ3v) is 11.8. The van der Waals surface area contributed by atoms with Crippen LogP contribution in [0.1, 0.15) is 119 Å². The van der Waals surface area contributed by atoms with Crippen LogP contribution in [0, 0.1) is 52.3 Å². The van der Waals surface area contributed by atoms with Crippen LogP contribution in [0.2, 0.25) is 0 Å². The molecule has 0 aromatic heterocycles. The number of hydrogen-bond acceptors (Lipinski definition) is 3. The van der Waals surface area contributed by atoms with Crippen molar-refractivity contribution in [3.8, 4) is 0 Å². The van der Waals surface area contributed by atoms with E-state index in [2.05, 4.69) is 34.6 Å². The Kier molecular flexibility index (Phi) is 6.24. The summed E-state index contributed by atoms with van der Waals surface area (Å²) in [5, 5.41) is 0. The van der Waals surface area contributed by atoms with Gasteiger partial charge < -0.3 is 9.47 Å². The van der Waals surface area contributed by atoms with Gasteiger partial charge in [0.1, 0.15) is 6.10 Å². The van der Waals surface area contributed by atoms with Crippen molar-refractivity contribution in [2.75, 3.05) is 0 Å². The van der Waals surface area contributed by atoms with Crippen molar-refractivity contribution in [2.45, 2.75) is 130 Å². The van der Waals surface area contributed by atoms with E-state index in [0.717, 1.165) is 48.3 Å². The van der Waals surface area contributed by atoms with Crippen molar-refractivity contribution in [3.63, 3.8) is 0 Å². The lowest BCUT2D eigenvalue weighted by atomic mass is 9.45. The van der Waals surface area contributed by atoms with Crippen LogP contribution in [0.15, 0.2) is 0 Å². The van der Waals surface area contributed by atoms with Gasteiger partial charge >= 0.3 is 5.97 Å². The van der Waals surface area contributed by atoms with E-state index in [-0.39, 0.29) is 12.1 Å². The third kappa shape index (κ3) is 4.01. The molecule has 5 fully saturated rings. The van der Waals surface area contributed by atoms with E-state index in [9.17, 15) is 4.79 Å². The minimum absolute atomic E-state index is 0.152. The van der Waals surface area contributed by atoms with Gasteiger partial charge in [-0.1, -0.05) is 53.9 Å². The van der Waals surface area contributed by atoms with Crippen LogP contribution >= 0.6 is 0 Å². The standard InChI is InChI=1S/C30H50O3/c1-19(2)8-7-9-20(3)24-12-13-25-23-11-10-22-18-30(32-21(4)31)27(33-30)15-17-28(22,5)26(23)14-16-29(24,25)6/h19-20,22-27H,7-18H2,1-6H3/t20-,22+,23-,24-,25+,26+,27-,28+,29+,30+/m1/s1. The number of carbonyl (C=O) groups is 1. The molecule has 3 heteroatoms. The maximum atomic E-state index is 11.8. The SMILES string of the molecule is CC(=O)O[C@]12C[C@@H]3CC[C@H]4[C@H](CC[C@@]5(C)[C@@H]([C@H](C)CCCC(C)C)CC[C@@H]45)[C@@]3(C)CC[C@H]1O2. The Bertz CT molecular complexity index is 747. The lowest BCUT2D eigenvalue weighted by Gasteiger charge is -2.59. The summed E-state index contributed by atoms with van der Waals surface area (Å²) >= 11 is 0. The molecule has 5 rings (SSSR count). The molecule has 0 bridgehead atoms. The van der Waals surface area contributed by atoms with Gasteiger partial charge in [-0.3, -0.25) is 4.79 Å². The number of fused-ring (bicyclic) bond motifs is 6. The van der Waals surface area contributed by atoms with Crippen LogP contribution in [0.25, 0.3) is 0 Å². The number of ether oxygens (including phenoxy) is 2. The predicted molar refractivity (Wildman–Crippen MR) is 132 cm³/mol. The molecule has 1 saturated heterocycles. The number of hydrogen-bond donors (Lipinski definition) is 0. The van der Waals surface area contributed by atoms with Crippen molar-refractivity contribution in [3.05, 3.63) is 0 Å². The zero-order valence-corrected chi connectivity index (χ0v) is 22.3. The first-order valence-electron chi connectivity index (χ1n) is 14.5. The van der Waals surface area contributed by atoms with E-state index in [4.69, 9.17) is 9.47 Å². The highest BCUT2D eigenvalue weighted by Gasteiger charge is 2.67. The van der Waals surface area contributed by atoms with Gasteiger partial charge in [-0.25, -0.2) is 0 Å². The molecule has 0 aromatic carbocycles. The minimum atomic E-state index is -0.575. The highest BCUT2D eigenvalue weighted by Crippen LogP contribution is 2.69. The molecular weight excluding hydrogens is 408 g/mol. The zero-order chi connectivity index (χ0) is 23.6. The van der Waals surface area contributed by atoms with E-state index in [1.165, 1.54) is 71.1 Å². The zero-order valence-electron chi connectivity index (χ0n) is 22.3. The summed E-state index contributed by atoms with van der Waals surface area (Å²) in [6, 6.07) is 0. The van der Waals surface area contributed by atoms with Crippen molar-refractivity contribution in [1.82, 2.24) is 0 Å². The topological polar surface area (TPSA) is 38.8 Å². The molecule has 1 heterocycles. The number of carbonyl (C=O) groups excluding carboxylic acids is 1. The highest BCUT2D eigenvalue weighted by molar-refractivity contribution is 5.66. The van der Waals surface area contributed by atoms with Crippen molar-refractivity contribution >= 4 is 5.97 Å². The second-order valence-corrected chi connectivity index (χ2v) is 13.9. The smallest absolute Gasteiger partial charge is 0.305 e. The molecule has 4 saturated carbocycles. The monoisotopic (exact) mass is 458 g/mol. The summed E-state index contributed by atoms with van der Waals surface area (Å²) in [5.41, 5.74) is 0.964. The predicted octanol–water partition coefficient (Wildman–Crippen LogP) is 7.77. The van der Waals surface area contributed by atoms with Crippen molar-refractivity contribution in [2.24, 2.45) is 52.3 Å². The fourth-order valence-corrected chi connectivity index (χ4v) is 10.1. The average Bonchev–Trinajstić information content (AvgIpc) is 3.29. The average molecular weight is 459 g/mol. The maximum Gasteiger partial charge on any atom is 0.305 e. The molecule has 0 spiro atoms. The van der Waals surface area contributed by atoms with E-state index >= 15 is 0 Å². The van der Waals surface area contributed by atoms with Crippen LogP contribution in [0.3, 0.4) is 0 Å². The maximum absolute atomic E-state index is 11.8. The van der Waals surface area contributed by atoms with E-state index in [1.54, 1.807) is 0 Å².